The van der Waals surface area contributed by atoms with Crippen LogP contribution in [0.1, 0.15) is 31.1 Å². The van der Waals surface area contributed by atoms with E-state index in [1.165, 1.54) is 6.07 Å². The molecule has 0 bridgehead atoms. The van der Waals surface area contributed by atoms with Crippen LogP contribution in [0.5, 0.6) is 11.5 Å². The Labute approximate surface area is 148 Å². The van der Waals surface area contributed by atoms with Gasteiger partial charge in [-0.3, -0.25) is 10.1 Å². The number of imide groups is 1. The molecule has 10 heteroatoms. The van der Waals surface area contributed by atoms with Gasteiger partial charge in [-0.15, -0.1) is 0 Å². The SMILES string of the molecule is CCOc1cc(C(=O)O[C@@H](C(=O)NC(N)=O)C(C)C)ccc1OC(F)F. The van der Waals surface area contributed by atoms with Gasteiger partial charge in [-0.05, 0) is 31.0 Å². The maximum atomic E-state index is 12.4. The van der Waals surface area contributed by atoms with Crippen molar-refractivity contribution in [2.45, 2.75) is 33.5 Å². The Bertz CT molecular complexity index is 666. The molecule has 0 saturated carbocycles. The van der Waals surface area contributed by atoms with Gasteiger partial charge in [0.15, 0.2) is 17.6 Å². The van der Waals surface area contributed by atoms with Gasteiger partial charge < -0.3 is 19.9 Å². The zero-order chi connectivity index (χ0) is 19.9. The Morgan fingerprint density at radius 2 is 1.85 bits per heavy atom. The van der Waals surface area contributed by atoms with Gasteiger partial charge in [0.25, 0.3) is 5.91 Å². The Balaban J connectivity index is 3.01. The molecule has 0 fully saturated rings. The lowest BCUT2D eigenvalue weighted by molar-refractivity contribution is -0.130. The van der Waals surface area contributed by atoms with Gasteiger partial charge in [-0.25, -0.2) is 9.59 Å². The predicted molar refractivity (Wildman–Crippen MR) is 86.0 cm³/mol. The van der Waals surface area contributed by atoms with Crippen LogP contribution < -0.4 is 20.5 Å². The average Bonchev–Trinajstić information content (AvgIpc) is 2.52. The van der Waals surface area contributed by atoms with Crippen LogP contribution in [0.4, 0.5) is 13.6 Å². The highest BCUT2D eigenvalue weighted by Gasteiger charge is 2.28. The molecule has 0 aliphatic rings. The third-order valence-electron chi connectivity index (χ3n) is 3.04. The molecule has 26 heavy (non-hydrogen) atoms. The molecule has 0 saturated heterocycles. The summed E-state index contributed by atoms with van der Waals surface area (Å²) in [6.45, 7) is 1.91. The fourth-order valence-corrected chi connectivity index (χ4v) is 1.96. The smallest absolute Gasteiger partial charge is 0.387 e. The normalized spacial score (nSPS) is 11.8. The number of benzene rings is 1. The number of ether oxygens (including phenoxy) is 3. The number of carbonyl (C=O) groups excluding carboxylic acids is 3. The van der Waals surface area contributed by atoms with Gasteiger partial charge in [-0.1, -0.05) is 13.8 Å². The van der Waals surface area contributed by atoms with Crippen LogP contribution in [0.2, 0.25) is 0 Å². The van der Waals surface area contributed by atoms with Crippen LogP contribution in [0.3, 0.4) is 0 Å². The minimum absolute atomic E-state index is 0.0485. The van der Waals surface area contributed by atoms with Gasteiger partial charge >= 0.3 is 18.6 Å². The number of urea groups is 1. The zero-order valence-electron chi connectivity index (χ0n) is 14.5. The maximum absolute atomic E-state index is 12.4. The standard InChI is InChI=1S/C16H20F2N2O6/c1-4-24-11-7-9(5-6-10(11)25-15(17)18)14(22)26-12(8(2)3)13(21)20-16(19)23/h5-8,12,15H,4H2,1-3H3,(H3,19,20,21,23)/t12-/m1/s1. The van der Waals surface area contributed by atoms with E-state index in [9.17, 15) is 23.2 Å². The minimum atomic E-state index is -3.06. The predicted octanol–water partition coefficient (Wildman–Crippen LogP) is 2.06. The second-order valence-electron chi connectivity index (χ2n) is 5.40. The van der Waals surface area contributed by atoms with E-state index in [1.54, 1.807) is 20.8 Å². The summed E-state index contributed by atoms with van der Waals surface area (Å²) in [4.78, 5) is 35.0. The molecular formula is C16H20F2N2O6. The highest BCUT2D eigenvalue weighted by Crippen LogP contribution is 2.30. The second-order valence-corrected chi connectivity index (χ2v) is 5.40. The quantitative estimate of drug-likeness (QED) is 0.673. The van der Waals surface area contributed by atoms with E-state index in [-0.39, 0.29) is 23.7 Å². The summed E-state index contributed by atoms with van der Waals surface area (Å²) in [5.74, 6) is -2.56. The summed E-state index contributed by atoms with van der Waals surface area (Å²) < 4.78 is 39.4. The Morgan fingerprint density at radius 1 is 1.19 bits per heavy atom. The Kier molecular flexibility index (Phi) is 7.76. The minimum Gasteiger partial charge on any atom is -0.490 e. The number of hydrogen-bond donors (Lipinski definition) is 2. The largest absolute Gasteiger partial charge is 0.490 e. The molecule has 144 valence electrons. The van der Waals surface area contributed by atoms with Crippen LogP contribution >= 0.6 is 0 Å². The molecule has 0 radical (unpaired) electrons. The van der Waals surface area contributed by atoms with Gasteiger partial charge in [0, 0.05) is 0 Å². The molecule has 0 heterocycles. The first-order valence-electron chi connectivity index (χ1n) is 7.68. The number of rotatable bonds is 8. The summed E-state index contributed by atoms with van der Waals surface area (Å²) in [5.41, 5.74) is 4.83. The number of carbonyl (C=O) groups is 3. The van der Waals surface area contributed by atoms with Crippen molar-refractivity contribution in [1.82, 2.24) is 5.32 Å². The summed E-state index contributed by atoms with van der Waals surface area (Å²) in [6.07, 6.45) is -1.28. The van der Waals surface area contributed by atoms with Crippen LogP contribution in [-0.4, -0.2) is 37.2 Å². The molecule has 0 aliphatic carbocycles. The van der Waals surface area contributed by atoms with Crippen LogP contribution in [0.25, 0.3) is 0 Å². The molecule has 3 amide bonds. The lowest BCUT2D eigenvalue weighted by Gasteiger charge is -2.20. The fourth-order valence-electron chi connectivity index (χ4n) is 1.96. The second kappa shape index (κ2) is 9.54. The highest BCUT2D eigenvalue weighted by atomic mass is 19.3. The van der Waals surface area contributed by atoms with E-state index >= 15 is 0 Å². The average molecular weight is 374 g/mol. The number of alkyl halides is 2. The number of nitrogens with two attached hydrogens (primary N) is 1. The number of esters is 1. The number of hydrogen-bond acceptors (Lipinski definition) is 6. The monoisotopic (exact) mass is 374 g/mol. The molecular weight excluding hydrogens is 354 g/mol. The fraction of sp³-hybridized carbons (Fsp3) is 0.438. The van der Waals surface area contributed by atoms with Gasteiger partial charge in [0.2, 0.25) is 0 Å². The Morgan fingerprint density at radius 3 is 2.35 bits per heavy atom. The molecule has 1 aromatic carbocycles. The molecule has 3 N–H and O–H groups in total. The summed E-state index contributed by atoms with van der Waals surface area (Å²) >= 11 is 0. The van der Waals surface area contributed by atoms with Crippen molar-refractivity contribution in [3.05, 3.63) is 23.8 Å². The number of amides is 3. The zero-order valence-corrected chi connectivity index (χ0v) is 14.5. The van der Waals surface area contributed by atoms with Crippen LogP contribution in [-0.2, 0) is 9.53 Å². The molecule has 0 spiro atoms. The van der Waals surface area contributed by atoms with E-state index in [1.807, 2.05) is 5.32 Å². The topological polar surface area (TPSA) is 117 Å². The van der Waals surface area contributed by atoms with Gasteiger partial charge in [0.1, 0.15) is 0 Å². The first-order valence-corrected chi connectivity index (χ1v) is 7.68. The van der Waals surface area contributed by atoms with Crippen molar-refractivity contribution >= 4 is 17.9 Å². The van der Waals surface area contributed by atoms with Crippen molar-refractivity contribution in [2.75, 3.05) is 6.61 Å². The molecule has 0 unspecified atom stereocenters. The number of primary amides is 1. The van der Waals surface area contributed by atoms with Crippen molar-refractivity contribution in [3.63, 3.8) is 0 Å². The first kappa shape index (κ1) is 21.1. The van der Waals surface area contributed by atoms with E-state index < -0.39 is 36.5 Å². The molecule has 1 rings (SSSR count). The lowest BCUT2D eigenvalue weighted by Crippen LogP contribution is -2.45. The van der Waals surface area contributed by atoms with E-state index in [4.69, 9.17) is 15.2 Å². The van der Waals surface area contributed by atoms with Gasteiger partial charge in [0.05, 0.1) is 12.2 Å². The highest BCUT2D eigenvalue weighted by molar-refractivity contribution is 5.98. The number of nitrogens with one attached hydrogen (secondary N) is 1. The molecule has 8 nitrogen and oxygen atoms in total. The van der Waals surface area contributed by atoms with Crippen LogP contribution in [0, 0.1) is 5.92 Å². The summed E-state index contributed by atoms with van der Waals surface area (Å²) in [6, 6.07) is 2.39. The van der Waals surface area contributed by atoms with Crippen LogP contribution in [0.15, 0.2) is 18.2 Å². The molecule has 1 aromatic rings. The third-order valence-corrected chi connectivity index (χ3v) is 3.04. The third kappa shape index (κ3) is 6.19. The van der Waals surface area contributed by atoms with E-state index in [0.717, 1.165) is 12.1 Å². The van der Waals surface area contributed by atoms with E-state index in [2.05, 4.69) is 4.74 Å². The lowest BCUT2D eigenvalue weighted by atomic mass is 10.1. The van der Waals surface area contributed by atoms with E-state index in [0.29, 0.717) is 0 Å². The van der Waals surface area contributed by atoms with Crippen molar-refractivity contribution in [2.24, 2.45) is 11.7 Å². The molecule has 1 atom stereocenters. The maximum Gasteiger partial charge on any atom is 0.387 e. The van der Waals surface area contributed by atoms with Crippen molar-refractivity contribution in [3.8, 4) is 11.5 Å². The van der Waals surface area contributed by atoms with Crippen molar-refractivity contribution < 1.29 is 37.4 Å². The van der Waals surface area contributed by atoms with Gasteiger partial charge in [-0.2, -0.15) is 8.78 Å². The molecule has 0 aliphatic heterocycles. The summed E-state index contributed by atoms with van der Waals surface area (Å²) in [7, 11) is 0. The number of halogens is 2. The molecule has 0 aromatic heterocycles. The Hall–Kier alpha value is -2.91. The first-order chi connectivity index (χ1) is 12.1. The van der Waals surface area contributed by atoms with Crippen molar-refractivity contribution in [1.29, 1.82) is 0 Å². The summed E-state index contributed by atoms with van der Waals surface area (Å²) in [5, 5.41) is 1.84.